The van der Waals surface area contributed by atoms with Crippen LogP contribution in [0.5, 0.6) is 0 Å². The first-order valence-electron chi connectivity index (χ1n) is 3.77. The van der Waals surface area contributed by atoms with Crippen molar-refractivity contribution < 1.29 is 0 Å². The average molecular weight is 181 g/mol. The number of nitrogens with zero attached hydrogens (tertiary/aromatic N) is 2. The summed E-state index contributed by atoms with van der Waals surface area (Å²) in [6.07, 6.45) is 0. The number of para-hydroxylation sites is 1. The van der Waals surface area contributed by atoms with E-state index < -0.39 is 0 Å². The van der Waals surface area contributed by atoms with Crippen LogP contribution in [0, 0.1) is 6.92 Å². The van der Waals surface area contributed by atoms with E-state index in [9.17, 15) is 0 Å². The lowest BCUT2D eigenvalue weighted by Gasteiger charge is -1.98. The molecular formula is C9H9ClN2. The predicted molar refractivity (Wildman–Crippen MR) is 50.5 cm³/mol. The van der Waals surface area contributed by atoms with Gasteiger partial charge in [0.25, 0.3) is 0 Å². The number of benzene rings is 1. The molecule has 1 aromatic carbocycles. The maximum absolute atomic E-state index is 5.88. The maximum Gasteiger partial charge on any atom is 0.203 e. The fourth-order valence-electron chi connectivity index (χ4n) is 1.44. The van der Waals surface area contributed by atoms with Crippen LogP contribution in [-0.4, -0.2) is 9.55 Å². The Balaban J connectivity index is 2.97. The van der Waals surface area contributed by atoms with Crippen LogP contribution in [0.3, 0.4) is 0 Å². The average Bonchev–Trinajstić information content (AvgIpc) is 2.29. The number of aryl methyl sites for hydroxylation is 2. The second-order valence-electron chi connectivity index (χ2n) is 2.88. The molecule has 0 saturated carbocycles. The van der Waals surface area contributed by atoms with Crippen molar-refractivity contribution >= 4 is 22.6 Å². The number of imidazole rings is 1. The van der Waals surface area contributed by atoms with Crippen molar-refractivity contribution in [3.8, 4) is 0 Å². The van der Waals surface area contributed by atoms with E-state index >= 15 is 0 Å². The molecule has 1 heterocycles. The summed E-state index contributed by atoms with van der Waals surface area (Å²) in [5.74, 6) is 0. The first kappa shape index (κ1) is 7.62. The standard InChI is InChI=1S/C9H9ClN2/c1-6-4-3-5-7-8(6)12(2)9(10)11-7/h3-5H,1-2H3. The Labute approximate surface area is 75.8 Å². The zero-order chi connectivity index (χ0) is 8.72. The summed E-state index contributed by atoms with van der Waals surface area (Å²) >= 11 is 5.88. The fraction of sp³-hybridized carbons (Fsp3) is 0.222. The highest BCUT2D eigenvalue weighted by Crippen LogP contribution is 2.20. The number of fused-ring (bicyclic) bond motifs is 1. The molecule has 0 aliphatic carbocycles. The van der Waals surface area contributed by atoms with Gasteiger partial charge in [-0.2, -0.15) is 0 Å². The van der Waals surface area contributed by atoms with Crippen LogP contribution in [0.2, 0.25) is 5.28 Å². The molecule has 2 rings (SSSR count). The van der Waals surface area contributed by atoms with E-state index in [-0.39, 0.29) is 0 Å². The molecule has 0 atom stereocenters. The third-order valence-corrected chi connectivity index (χ3v) is 2.38. The zero-order valence-corrected chi connectivity index (χ0v) is 7.76. The van der Waals surface area contributed by atoms with Gasteiger partial charge in [-0.05, 0) is 30.2 Å². The van der Waals surface area contributed by atoms with Crippen molar-refractivity contribution in [2.45, 2.75) is 6.92 Å². The Morgan fingerprint density at radius 2 is 2.17 bits per heavy atom. The van der Waals surface area contributed by atoms with E-state index in [0.717, 1.165) is 11.0 Å². The normalized spacial score (nSPS) is 10.9. The molecule has 0 radical (unpaired) electrons. The summed E-state index contributed by atoms with van der Waals surface area (Å²) in [5, 5.41) is 0.541. The minimum absolute atomic E-state index is 0.541. The Morgan fingerprint density at radius 1 is 1.42 bits per heavy atom. The minimum atomic E-state index is 0.541. The minimum Gasteiger partial charge on any atom is -0.318 e. The summed E-state index contributed by atoms with van der Waals surface area (Å²) in [7, 11) is 1.92. The van der Waals surface area contributed by atoms with Crippen molar-refractivity contribution in [1.82, 2.24) is 9.55 Å². The van der Waals surface area contributed by atoms with E-state index in [4.69, 9.17) is 11.6 Å². The van der Waals surface area contributed by atoms with E-state index in [1.807, 2.05) is 23.7 Å². The number of rotatable bonds is 0. The lowest BCUT2D eigenvalue weighted by Crippen LogP contribution is -1.88. The molecule has 2 nitrogen and oxygen atoms in total. The second kappa shape index (κ2) is 2.49. The van der Waals surface area contributed by atoms with Gasteiger partial charge < -0.3 is 4.57 Å². The highest BCUT2D eigenvalue weighted by atomic mass is 35.5. The molecule has 0 spiro atoms. The van der Waals surface area contributed by atoms with Gasteiger partial charge in [-0.1, -0.05) is 12.1 Å². The number of hydrogen-bond donors (Lipinski definition) is 0. The second-order valence-corrected chi connectivity index (χ2v) is 3.22. The Hall–Kier alpha value is -1.02. The summed E-state index contributed by atoms with van der Waals surface area (Å²) in [6, 6.07) is 6.01. The Morgan fingerprint density at radius 3 is 2.83 bits per heavy atom. The summed E-state index contributed by atoms with van der Waals surface area (Å²) in [5.41, 5.74) is 3.28. The summed E-state index contributed by atoms with van der Waals surface area (Å²) in [4.78, 5) is 4.20. The van der Waals surface area contributed by atoms with Gasteiger partial charge in [0.2, 0.25) is 5.28 Å². The number of halogens is 1. The van der Waals surface area contributed by atoms with Crippen LogP contribution in [0.1, 0.15) is 5.56 Å². The van der Waals surface area contributed by atoms with Crippen molar-refractivity contribution in [2.75, 3.05) is 0 Å². The molecule has 0 bridgehead atoms. The first-order valence-corrected chi connectivity index (χ1v) is 4.15. The van der Waals surface area contributed by atoms with Crippen LogP contribution >= 0.6 is 11.6 Å². The molecule has 0 amide bonds. The molecule has 3 heteroatoms. The largest absolute Gasteiger partial charge is 0.318 e. The molecule has 12 heavy (non-hydrogen) atoms. The van der Waals surface area contributed by atoms with Crippen molar-refractivity contribution in [2.24, 2.45) is 7.05 Å². The van der Waals surface area contributed by atoms with Gasteiger partial charge >= 0.3 is 0 Å². The van der Waals surface area contributed by atoms with Gasteiger partial charge in [0.05, 0.1) is 11.0 Å². The SMILES string of the molecule is Cc1cccc2nc(Cl)n(C)c12. The van der Waals surface area contributed by atoms with Gasteiger partial charge in [-0.3, -0.25) is 0 Å². The van der Waals surface area contributed by atoms with Gasteiger partial charge in [-0.15, -0.1) is 0 Å². The van der Waals surface area contributed by atoms with Crippen LogP contribution in [-0.2, 0) is 7.05 Å². The highest BCUT2D eigenvalue weighted by molar-refractivity contribution is 6.29. The van der Waals surface area contributed by atoms with Gasteiger partial charge in [-0.25, -0.2) is 4.98 Å². The molecule has 1 aromatic heterocycles. The van der Waals surface area contributed by atoms with Crippen LogP contribution < -0.4 is 0 Å². The molecule has 0 fully saturated rings. The first-order chi connectivity index (χ1) is 5.70. The molecule has 0 aliphatic heterocycles. The topological polar surface area (TPSA) is 17.8 Å². The Kier molecular flexibility index (Phi) is 1.58. The van der Waals surface area contributed by atoms with Gasteiger partial charge in [0.15, 0.2) is 0 Å². The third-order valence-electron chi connectivity index (χ3n) is 2.04. The quantitative estimate of drug-likeness (QED) is 0.609. The summed E-state index contributed by atoms with van der Waals surface area (Å²) in [6.45, 7) is 2.06. The smallest absolute Gasteiger partial charge is 0.203 e. The Bertz CT molecular complexity index is 431. The molecule has 0 unspecified atom stereocenters. The molecule has 0 N–H and O–H groups in total. The zero-order valence-electron chi connectivity index (χ0n) is 7.00. The monoisotopic (exact) mass is 180 g/mol. The molecule has 0 aliphatic rings. The van der Waals surface area contributed by atoms with Crippen molar-refractivity contribution in [3.05, 3.63) is 29.0 Å². The third kappa shape index (κ3) is 0.916. The fourth-order valence-corrected chi connectivity index (χ4v) is 1.61. The van der Waals surface area contributed by atoms with Crippen molar-refractivity contribution in [1.29, 1.82) is 0 Å². The predicted octanol–water partition coefficient (Wildman–Crippen LogP) is 2.54. The maximum atomic E-state index is 5.88. The van der Waals surface area contributed by atoms with Crippen molar-refractivity contribution in [3.63, 3.8) is 0 Å². The molecule has 0 saturated heterocycles. The lowest BCUT2D eigenvalue weighted by atomic mass is 10.2. The van der Waals surface area contributed by atoms with E-state index in [0.29, 0.717) is 5.28 Å². The van der Waals surface area contributed by atoms with Gasteiger partial charge in [0, 0.05) is 7.05 Å². The van der Waals surface area contributed by atoms with E-state index in [1.54, 1.807) is 0 Å². The van der Waals surface area contributed by atoms with Gasteiger partial charge in [0.1, 0.15) is 0 Å². The van der Waals surface area contributed by atoms with E-state index in [1.165, 1.54) is 5.56 Å². The number of aromatic nitrogens is 2. The van der Waals surface area contributed by atoms with Crippen LogP contribution in [0.4, 0.5) is 0 Å². The molecule has 62 valence electrons. The van der Waals surface area contributed by atoms with Crippen LogP contribution in [0.25, 0.3) is 11.0 Å². The molecule has 2 aromatic rings. The van der Waals surface area contributed by atoms with Crippen LogP contribution in [0.15, 0.2) is 18.2 Å². The lowest BCUT2D eigenvalue weighted by molar-refractivity contribution is 0.945. The molecular weight excluding hydrogens is 172 g/mol. The highest BCUT2D eigenvalue weighted by Gasteiger charge is 2.05. The van der Waals surface area contributed by atoms with E-state index in [2.05, 4.69) is 18.0 Å². The number of hydrogen-bond acceptors (Lipinski definition) is 1. The summed E-state index contributed by atoms with van der Waals surface area (Å²) < 4.78 is 1.90.